The van der Waals surface area contributed by atoms with Gasteiger partial charge >= 0.3 is 12.0 Å². The second-order valence-electron chi connectivity index (χ2n) is 6.00. The molecule has 0 aromatic heterocycles. The van der Waals surface area contributed by atoms with E-state index in [2.05, 4.69) is 5.32 Å². The van der Waals surface area contributed by atoms with Crippen molar-refractivity contribution in [3.05, 3.63) is 0 Å². The highest BCUT2D eigenvalue weighted by Crippen LogP contribution is 2.21. The quantitative estimate of drug-likeness (QED) is 0.625. The maximum atomic E-state index is 12.7. The molecule has 0 aromatic rings. The number of hydrogen-bond donors (Lipinski definition) is 2. The second-order valence-corrected chi connectivity index (χ2v) is 8.21. The van der Waals surface area contributed by atoms with E-state index in [1.54, 1.807) is 0 Å². The van der Waals surface area contributed by atoms with Gasteiger partial charge in [0.1, 0.15) is 0 Å². The third kappa shape index (κ3) is 5.05. The number of hydrogen-bond acceptors (Lipinski definition) is 5. The predicted octanol–water partition coefficient (Wildman–Crippen LogP) is -0.313. The predicted molar refractivity (Wildman–Crippen MR) is 86.2 cm³/mol. The first-order chi connectivity index (χ1) is 11.4. The highest BCUT2D eigenvalue weighted by molar-refractivity contribution is 7.89. The number of nitrogens with one attached hydrogen (secondary N) is 1. The summed E-state index contributed by atoms with van der Waals surface area (Å²) in [6, 6.07) is -0.331. The Morgan fingerprint density at radius 1 is 1.21 bits per heavy atom. The number of piperidine rings is 1. The third-order valence-electron chi connectivity index (χ3n) is 4.26. The number of morpholine rings is 1. The van der Waals surface area contributed by atoms with Crippen molar-refractivity contribution in [1.82, 2.24) is 14.5 Å². The molecule has 2 aliphatic rings. The van der Waals surface area contributed by atoms with Crippen molar-refractivity contribution in [1.29, 1.82) is 0 Å². The Morgan fingerprint density at radius 2 is 1.92 bits per heavy atom. The van der Waals surface area contributed by atoms with Crippen molar-refractivity contribution in [2.24, 2.45) is 0 Å². The van der Waals surface area contributed by atoms with Crippen LogP contribution in [0.25, 0.3) is 0 Å². The first-order valence-electron chi connectivity index (χ1n) is 8.22. The lowest BCUT2D eigenvalue weighted by Crippen LogP contribution is -2.53. The lowest BCUT2D eigenvalue weighted by molar-refractivity contribution is -0.137. The molecule has 0 aromatic carbocycles. The average molecular weight is 363 g/mol. The zero-order valence-corrected chi connectivity index (χ0v) is 14.5. The third-order valence-corrected chi connectivity index (χ3v) is 6.57. The van der Waals surface area contributed by atoms with E-state index in [0.29, 0.717) is 52.1 Å². The van der Waals surface area contributed by atoms with Gasteiger partial charge in [-0.2, -0.15) is 4.31 Å². The number of ether oxygens (including phenoxy) is 1. The van der Waals surface area contributed by atoms with E-state index in [4.69, 9.17) is 9.84 Å². The largest absolute Gasteiger partial charge is 0.481 e. The standard InChI is InChI=1S/C14H25N3O6S/c18-13(19)4-1-5-15-14(20)16-6-2-3-12(11-16)24(21,22)17-7-9-23-10-8-17/h12H,1-11H2,(H,15,20)(H,18,19). The van der Waals surface area contributed by atoms with Gasteiger partial charge in [-0.05, 0) is 19.3 Å². The molecule has 10 heteroatoms. The van der Waals surface area contributed by atoms with Crippen LogP contribution in [-0.2, 0) is 19.6 Å². The van der Waals surface area contributed by atoms with E-state index < -0.39 is 21.2 Å². The summed E-state index contributed by atoms with van der Waals surface area (Å²) in [6.07, 6.45) is 1.53. The molecule has 138 valence electrons. The van der Waals surface area contributed by atoms with Gasteiger partial charge in [0.05, 0.1) is 18.5 Å². The number of sulfonamides is 1. The smallest absolute Gasteiger partial charge is 0.317 e. The van der Waals surface area contributed by atoms with E-state index in [1.807, 2.05) is 0 Å². The van der Waals surface area contributed by atoms with Crippen LogP contribution in [0.1, 0.15) is 25.7 Å². The average Bonchev–Trinajstić information content (AvgIpc) is 2.59. The minimum absolute atomic E-state index is 0.00564. The van der Waals surface area contributed by atoms with Gasteiger partial charge in [-0.1, -0.05) is 0 Å². The van der Waals surface area contributed by atoms with Crippen LogP contribution in [0.5, 0.6) is 0 Å². The Morgan fingerprint density at radius 3 is 2.58 bits per heavy atom. The zero-order chi connectivity index (χ0) is 17.6. The fourth-order valence-corrected chi connectivity index (χ4v) is 4.84. The Kier molecular flexibility index (Phi) is 6.81. The van der Waals surface area contributed by atoms with Gasteiger partial charge in [0.25, 0.3) is 0 Å². The number of nitrogens with zero attached hydrogens (tertiary/aromatic N) is 2. The van der Waals surface area contributed by atoms with Gasteiger partial charge in [-0.3, -0.25) is 4.79 Å². The molecule has 2 fully saturated rings. The lowest BCUT2D eigenvalue weighted by Gasteiger charge is -2.36. The number of carboxylic acid groups (broad SMARTS) is 1. The summed E-state index contributed by atoms with van der Waals surface area (Å²) < 4.78 is 32.0. The highest BCUT2D eigenvalue weighted by atomic mass is 32.2. The minimum atomic E-state index is -3.43. The number of aliphatic carboxylic acids is 1. The molecule has 0 spiro atoms. The first kappa shape index (κ1) is 18.9. The van der Waals surface area contributed by atoms with Crippen molar-refractivity contribution in [3.8, 4) is 0 Å². The molecule has 9 nitrogen and oxygen atoms in total. The fraction of sp³-hybridized carbons (Fsp3) is 0.857. The minimum Gasteiger partial charge on any atom is -0.481 e. The molecular formula is C14H25N3O6S. The summed E-state index contributed by atoms with van der Waals surface area (Å²) in [5.41, 5.74) is 0. The van der Waals surface area contributed by atoms with E-state index in [9.17, 15) is 18.0 Å². The molecule has 0 saturated carbocycles. The van der Waals surface area contributed by atoms with Crippen molar-refractivity contribution in [3.63, 3.8) is 0 Å². The zero-order valence-electron chi connectivity index (χ0n) is 13.6. The van der Waals surface area contributed by atoms with Crippen LogP contribution < -0.4 is 5.32 Å². The summed E-state index contributed by atoms with van der Waals surface area (Å²) in [5, 5.41) is 10.6. The number of rotatable bonds is 6. The molecule has 2 aliphatic heterocycles. The van der Waals surface area contributed by atoms with E-state index >= 15 is 0 Å². The molecule has 0 bridgehead atoms. The highest BCUT2D eigenvalue weighted by Gasteiger charge is 2.37. The summed E-state index contributed by atoms with van der Waals surface area (Å²) in [4.78, 5) is 24.1. The van der Waals surface area contributed by atoms with Crippen molar-refractivity contribution in [2.45, 2.75) is 30.9 Å². The monoisotopic (exact) mass is 363 g/mol. The number of likely N-dealkylation sites (tertiary alicyclic amines) is 1. The van der Waals surface area contributed by atoms with Crippen LogP contribution in [0.2, 0.25) is 0 Å². The molecule has 0 aliphatic carbocycles. The molecule has 2 rings (SSSR count). The molecule has 24 heavy (non-hydrogen) atoms. The summed E-state index contributed by atoms with van der Waals surface area (Å²) in [5.74, 6) is -0.904. The van der Waals surface area contributed by atoms with Gasteiger partial charge in [0, 0.05) is 39.1 Å². The Bertz CT molecular complexity index is 547. The normalized spacial score (nSPS) is 23.0. The molecular weight excluding hydrogens is 338 g/mol. The summed E-state index contributed by atoms with van der Waals surface area (Å²) in [7, 11) is -3.43. The summed E-state index contributed by atoms with van der Waals surface area (Å²) >= 11 is 0. The van der Waals surface area contributed by atoms with Crippen LogP contribution in [0, 0.1) is 0 Å². The van der Waals surface area contributed by atoms with Crippen molar-refractivity contribution in [2.75, 3.05) is 45.9 Å². The molecule has 2 heterocycles. The Hall–Kier alpha value is -1.39. The first-order valence-corrected chi connectivity index (χ1v) is 9.73. The number of carbonyl (C=O) groups excluding carboxylic acids is 1. The topological polar surface area (TPSA) is 116 Å². The number of carboxylic acids is 1. The second kappa shape index (κ2) is 8.63. The molecule has 1 unspecified atom stereocenters. The van der Waals surface area contributed by atoms with Crippen LogP contribution in [0.15, 0.2) is 0 Å². The van der Waals surface area contributed by atoms with Crippen LogP contribution in [0.3, 0.4) is 0 Å². The van der Waals surface area contributed by atoms with Crippen LogP contribution >= 0.6 is 0 Å². The van der Waals surface area contributed by atoms with Crippen molar-refractivity contribution >= 4 is 22.0 Å². The van der Waals surface area contributed by atoms with Gasteiger partial charge in [-0.25, -0.2) is 13.2 Å². The van der Waals surface area contributed by atoms with E-state index in [1.165, 1.54) is 9.21 Å². The van der Waals surface area contributed by atoms with Crippen molar-refractivity contribution < 1.29 is 27.9 Å². The Balaban J connectivity index is 1.86. The summed E-state index contributed by atoms with van der Waals surface area (Å²) in [6.45, 7) is 2.48. The molecule has 0 radical (unpaired) electrons. The molecule has 2 amide bonds. The SMILES string of the molecule is O=C(O)CCCNC(=O)N1CCCC(S(=O)(=O)N2CCOCC2)C1. The number of amides is 2. The van der Waals surface area contributed by atoms with Gasteiger partial charge in [-0.15, -0.1) is 0 Å². The van der Waals surface area contributed by atoms with Gasteiger partial charge in [0.2, 0.25) is 10.0 Å². The molecule has 1 atom stereocenters. The van der Waals surface area contributed by atoms with Gasteiger partial charge in [0.15, 0.2) is 0 Å². The Labute approximate surface area is 142 Å². The van der Waals surface area contributed by atoms with Crippen LogP contribution in [0.4, 0.5) is 4.79 Å². The van der Waals surface area contributed by atoms with E-state index in [0.717, 1.165) is 0 Å². The van der Waals surface area contributed by atoms with Crippen LogP contribution in [-0.4, -0.2) is 85.9 Å². The lowest BCUT2D eigenvalue weighted by atomic mass is 10.1. The van der Waals surface area contributed by atoms with Gasteiger partial charge < -0.3 is 20.1 Å². The maximum Gasteiger partial charge on any atom is 0.317 e. The number of urea groups is 1. The molecule has 2 N–H and O–H groups in total. The maximum absolute atomic E-state index is 12.7. The van der Waals surface area contributed by atoms with E-state index in [-0.39, 0.29) is 25.5 Å². The fourth-order valence-electron chi connectivity index (χ4n) is 2.92. The number of carbonyl (C=O) groups is 2. The molecule has 2 saturated heterocycles.